The molecule has 2 saturated heterocycles. The number of carbonyl (C=O) groups is 4. The van der Waals surface area contributed by atoms with Crippen molar-refractivity contribution in [3.63, 3.8) is 0 Å². The number of nitrogens with one attached hydrogen (secondary N) is 4. The second-order valence-corrected chi connectivity index (χ2v) is 15.5. The van der Waals surface area contributed by atoms with Gasteiger partial charge in [-0.2, -0.15) is 0 Å². The highest BCUT2D eigenvalue weighted by Gasteiger charge is 2.39. The van der Waals surface area contributed by atoms with Crippen LogP contribution in [0.4, 0.5) is 9.59 Å². The smallest absolute Gasteiger partial charge is 0.407 e. The van der Waals surface area contributed by atoms with Crippen LogP contribution in [0.25, 0.3) is 11.3 Å². The van der Waals surface area contributed by atoms with E-state index in [0.717, 1.165) is 80.0 Å². The molecule has 0 unspecified atom stereocenters. The number of hydrogen-bond donors (Lipinski definition) is 5. The number of rotatable bonds is 11. The molecule has 2 aliphatic heterocycles. The van der Waals surface area contributed by atoms with E-state index in [4.69, 9.17) is 14.7 Å². The summed E-state index contributed by atoms with van der Waals surface area (Å²) in [7, 11) is 1.29. The minimum Gasteiger partial charge on any atom is -0.465 e. The first kappa shape index (κ1) is 37.9. The van der Waals surface area contributed by atoms with Crippen LogP contribution >= 0.6 is 0 Å². The SMILES string of the molecule is COC(=O)N[C@H](C(=O)N1CCC[C@H]1c1nc(-c2ccc(C3CCC(c4c[nH]c([C@@H]5CCCN5C(=O)[C@@H](NC(=O)O)C(C)C)n4)CC3)cc2)c[nH]1)C(C)C. The monoisotopic (exact) mass is 730 g/mol. The van der Waals surface area contributed by atoms with Crippen LogP contribution in [0.15, 0.2) is 36.7 Å². The molecular formula is C39H54N8O6. The van der Waals surface area contributed by atoms with Gasteiger partial charge in [0.05, 0.1) is 30.6 Å². The van der Waals surface area contributed by atoms with Gasteiger partial charge >= 0.3 is 12.2 Å². The number of aromatic nitrogens is 4. The van der Waals surface area contributed by atoms with E-state index >= 15 is 0 Å². The number of nitrogens with zero attached hydrogens (tertiary/aromatic N) is 4. The van der Waals surface area contributed by atoms with E-state index in [-0.39, 0.29) is 35.7 Å². The van der Waals surface area contributed by atoms with E-state index in [1.165, 1.54) is 12.7 Å². The normalized spacial score (nSPS) is 22.9. The minimum atomic E-state index is -1.19. The Hall–Kier alpha value is -4.88. The van der Waals surface area contributed by atoms with Gasteiger partial charge in [0.1, 0.15) is 23.7 Å². The van der Waals surface area contributed by atoms with Crippen LogP contribution in [0.1, 0.15) is 126 Å². The first-order valence-electron chi connectivity index (χ1n) is 19.1. The predicted molar refractivity (Wildman–Crippen MR) is 198 cm³/mol. The van der Waals surface area contributed by atoms with Crippen LogP contribution < -0.4 is 10.6 Å². The quantitative estimate of drug-likeness (QED) is 0.153. The molecule has 0 spiro atoms. The van der Waals surface area contributed by atoms with Crippen molar-refractivity contribution in [3.8, 4) is 11.3 Å². The van der Waals surface area contributed by atoms with Crippen molar-refractivity contribution in [2.45, 2.75) is 115 Å². The van der Waals surface area contributed by atoms with Gasteiger partial charge in [-0.3, -0.25) is 9.59 Å². The largest absolute Gasteiger partial charge is 0.465 e. The number of likely N-dealkylation sites (tertiary alicyclic amines) is 2. The molecule has 3 aromatic rings. The van der Waals surface area contributed by atoms with Crippen molar-refractivity contribution in [1.82, 2.24) is 40.4 Å². The summed E-state index contributed by atoms with van der Waals surface area (Å²) in [6.07, 6.45) is 9.54. The Kier molecular flexibility index (Phi) is 11.7. The third-order valence-electron chi connectivity index (χ3n) is 11.3. The van der Waals surface area contributed by atoms with E-state index in [9.17, 15) is 24.3 Å². The van der Waals surface area contributed by atoms with Gasteiger partial charge in [0.25, 0.3) is 0 Å². The zero-order valence-corrected chi connectivity index (χ0v) is 31.4. The van der Waals surface area contributed by atoms with Crippen LogP contribution in [0, 0.1) is 11.8 Å². The highest BCUT2D eigenvalue weighted by molar-refractivity contribution is 5.87. The lowest BCUT2D eigenvalue weighted by molar-refractivity contribution is -0.136. The summed E-state index contributed by atoms with van der Waals surface area (Å²) in [6.45, 7) is 8.71. The van der Waals surface area contributed by atoms with Gasteiger partial charge in [-0.1, -0.05) is 52.0 Å². The number of H-pyrrole nitrogens is 2. The second-order valence-electron chi connectivity index (χ2n) is 15.5. The molecule has 3 aliphatic rings. The number of carbonyl (C=O) groups excluding carboxylic acids is 3. The van der Waals surface area contributed by atoms with E-state index in [1.54, 1.807) is 4.90 Å². The maximum Gasteiger partial charge on any atom is 0.407 e. The minimum absolute atomic E-state index is 0.0943. The zero-order valence-electron chi connectivity index (χ0n) is 31.4. The van der Waals surface area contributed by atoms with E-state index in [0.29, 0.717) is 24.9 Å². The summed E-state index contributed by atoms with van der Waals surface area (Å²) in [5.41, 5.74) is 4.19. The van der Waals surface area contributed by atoms with Crippen LogP contribution in [0.3, 0.4) is 0 Å². The zero-order chi connectivity index (χ0) is 37.8. The third-order valence-corrected chi connectivity index (χ3v) is 11.3. The summed E-state index contributed by atoms with van der Waals surface area (Å²) in [4.78, 5) is 70.4. The summed E-state index contributed by atoms with van der Waals surface area (Å²) in [6, 6.07) is 6.82. The topological polar surface area (TPSA) is 186 Å². The average molecular weight is 731 g/mol. The molecule has 3 fully saturated rings. The first-order valence-corrected chi connectivity index (χ1v) is 19.1. The highest BCUT2D eigenvalue weighted by Crippen LogP contribution is 2.41. The number of alkyl carbamates (subject to hydrolysis) is 1. The van der Waals surface area contributed by atoms with Gasteiger partial charge < -0.3 is 40.2 Å². The molecule has 14 nitrogen and oxygen atoms in total. The molecule has 5 N–H and O–H groups in total. The molecule has 0 radical (unpaired) electrons. The number of methoxy groups -OCH3 is 1. The summed E-state index contributed by atoms with van der Waals surface area (Å²) >= 11 is 0. The Morgan fingerprint density at radius 2 is 1.28 bits per heavy atom. The van der Waals surface area contributed by atoms with E-state index in [1.807, 2.05) is 45.0 Å². The number of imidazole rings is 2. The van der Waals surface area contributed by atoms with Gasteiger partial charge in [0, 0.05) is 37.0 Å². The lowest BCUT2D eigenvalue weighted by Gasteiger charge is -2.30. The number of amides is 4. The Labute approximate surface area is 310 Å². The maximum absolute atomic E-state index is 13.5. The van der Waals surface area contributed by atoms with E-state index < -0.39 is 24.3 Å². The third kappa shape index (κ3) is 8.36. The Morgan fingerprint density at radius 3 is 1.83 bits per heavy atom. The molecule has 6 rings (SSSR count). The fourth-order valence-electron chi connectivity index (χ4n) is 8.37. The lowest BCUT2D eigenvalue weighted by Crippen LogP contribution is -2.51. The molecule has 14 heteroatoms. The van der Waals surface area contributed by atoms with Gasteiger partial charge in [0.2, 0.25) is 11.8 Å². The van der Waals surface area contributed by atoms with Crippen molar-refractivity contribution < 1.29 is 29.0 Å². The molecule has 1 saturated carbocycles. The lowest BCUT2D eigenvalue weighted by atomic mass is 9.77. The van der Waals surface area contributed by atoms with Crippen LogP contribution in [-0.4, -0.2) is 91.1 Å². The van der Waals surface area contributed by atoms with Crippen molar-refractivity contribution in [2.75, 3.05) is 20.2 Å². The van der Waals surface area contributed by atoms with Crippen molar-refractivity contribution in [2.24, 2.45) is 11.8 Å². The van der Waals surface area contributed by atoms with Crippen LogP contribution in [0.5, 0.6) is 0 Å². The van der Waals surface area contributed by atoms with Crippen LogP contribution in [-0.2, 0) is 14.3 Å². The van der Waals surface area contributed by atoms with Crippen LogP contribution in [0.2, 0.25) is 0 Å². The van der Waals surface area contributed by atoms with Crippen molar-refractivity contribution >= 4 is 24.0 Å². The fraction of sp³-hybridized carbons (Fsp3) is 0.590. The summed E-state index contributed by atoms with van der Waals surface area (Å²) in [5.74, 6) is 1.75. The molecule has 2 aromatic heterocycles. The fourth-order valence-corrected chi connectivity index (χ4v) is 8.37. The average Bonchev–Trinajstić information content (AvgIpc) is 3.98. The predicted octanol–water partition coefficient (Wildman–Crippen LogP) is 6.24. The van der Waals surface area contributed by atoms with Crippen molar-refractivity contribution in [3.05, 3.63) is 59.6 Å². The Balaban J connectivity index is 1.04. The standard InChI is InChI=1S/C39H54N8O6/c1-22(2)32(44-38(50)51)36(48)46-18-6-8-30(46)34-40-20-28(42-34)26-14-10-24(11-15-26)25-12-16-27(17-13-25)29-21-41-35(43-29)31-9-7-19-47(31)37(49)33(23(3)4)45-39(52)53-5/h12-13,16-17,20-24,26,30-33,44H,6-11,14-15,18-19H2,1-5H3,(H,40,42)(H,41,43)(H,45,52)(H,50,51)/t24?,26?,30-,31-,32-,33-/m0/s1. The maximum atomic E-state index is 13.5. The first-order chi connectivity index (χ1) is 25.4. The molecule has 1 aromatic carbocycles. The van der Waals surface area contributed by atoms with Gasteiger partial charge in [-0.25, -0.2) is 19.6 Å². The Bertz CT molecular complexity index is 1740. The molecular weight excluding hydrogens is 676 g/mol. The summed E-state index contributed by atoms with van der Waals surface area (Å²) < 4.78 is 4.75. The number of ether oxygens (including phenoxy) is 1. The number of carboxylic acid groups (broad SMARTS) is 1. The number of benzene rings is 1. The molecule has 53 heavy (non-hydrogen) atoms. The number of aromatic amines is 2. The van der Waals surface area contributed by atoms with Gasteiger partial charge in [0.15, 0.2) is 0 Å². The molecule has 0 bridgehead atoms. The highest BCUT2D eigenvalue weighted by atomic mass is 16.5. The molecule has 4 amide bonds. The Morgan fingerprint density at radius 1 is 0.755 bits per heavy atom. The van der Waals surface area contributed by atoms with Gasteiger partial charge in [-0.05, 0) is 74.7 Å². The molecule has 4 atom stereocenters. The molecule has 286 valence electrons. The van der Waals surface area contributed by atoms with Crippen molar-refractivity contribution in [1.29, 1.82) is 0 Å². The second kappa shape index (κ2) is 16.4. The molecule has 4 heterocycles. The van der Waals surface area contributed by atoms with E-state index in [2.05, 4.69) is 44.9 Å². The number of hydrogen-bond acceptors (Lipinski definition) is 7. The summed E-state index contributed by atoms with van der Waals surface area (Å²) in [5, 5.41) is 14.4. The van der Waals surface area contributed by atoms with Gasteiger partial charge in [-0.15, -0.1) is 0 Å². The molecule has 1 aliphatic carbocycles.